The van der Waals surface area contributed by atoms with Gasteiger partial charge in [-0.2, -0.15) is 0 Å². The lowest BCUT2D eigenvalue weighted by atomic mass is 10.2. The molecule has 2 N–H and O–H groups in total. The van der Waals surface area contributed by atoms with E-state index in [4.69, 9.17) is 5.11 Å². The minimum absolute atomic E-state index is 0.0904. The maximum Gasteiger partial charge on any atom is 0.326 e. The lowest BCUT2D eigenvalue weighted by Gasteiger charge is -2.20. The fourth-order valence-corrected chi connectivity index (χ4v) is 2.87. The number of nitrogens with zero attached hydrogens (tertiary/aromatic N) is 1. The first-order valence-electron chi connectivity index (χ1n) is 5.26. The summed E-state index contributed by atoms with van der Waals surface area (Å²) in [4.78, 5) is 25.0. The van der Waals surface area contributed by atoms with Gasteiger partial charge in [-0.25, -0.2) is 4.79 Å². The fraction of sp³-hybridized carbons (Fsp3) is 0.455. The van der Waals surface area contributed by atoms with Crippen LogP contribution in [0, 0.1) is 6.92 Å². The Morgan fingerprint density at radius 1 is 1.53 bits per heavy atom. The molecule has 1 amide bonds. The number of aliphatic hydroxyl groups is 1. The maximum atomic E-state index is 12.2. The quantitative estimate of drug-likeness (QED) is 0.816. The third-order valence-corrected chi connectivity index (χ3v) is 3.89. The number of likely N-dealkylation sites (tertiary alicyclic amines) is 1. The van der Waals surface area contributed by atoms with Crippen LogP contribution in [0.3, 0.4) is 0 Å². The first-order valence-corrected chi connectivity index (χ1v) is 6.14. The molecule has 1 saturated heterocycles. The van der Waals surface area contributed by atoms with Crippen LogP contribution in [0.4, 0.5) is 0 Å². The number of carboxylic acid groups (broad SMARTS) is 1. The van der Waals surface area contributed by atoms with Crippen LogP contribution in [0.1, 0.15) is 21.7 Å². The smallest absolute Gasteiger partial charge is 0.326 e. The van der Waals surface area contributed by atoms with Crippen LogP contribution in [-0.4, -0.2) is 45.7 Å². The van der Waals surface area contributed by atoms with Gasteiger partial charge in [0.25, 0.3) is 5.91 Å². The third-order valence-electron chi connectivity index (χ3n) is 2.88. The summed E-state index contributed by atoms with van der Waals surface area (Å²) in [5, 5.41) is 20.3. The van der Waals surface area contributed by atoms with Crippen molar-refractivity contribution in [3.8, 4) is 0 Å². The average molecular weight is 255 g/mol. The fourth-order valence-electron chi connectivity index (χ4n) is 1.99. The molecule has 5 nitrogen and oxygen atoms in total. The number of hydrogen-bond donors (Lipinski definition) is 2. The minimum atomic E-state index is -1.07. The van der Waals surface area contributed by atoms with E-state index in [9.17, 15) is 14.7 Å². The highest BCUT2D eigenvalue weighted by molar-refractivity contribution is 7.12. The van der Waals surface area contributed by atoms with Gasteiger partial charge in [-0.15, -0.1) is 11.3 Å². The zero-order valence-electron chi connectivity index (χ0n) is 9.29. The van der Waals surface area contributed by atoms with Crippen molar-refractivity contribution in [3.05, 3.63) is 21.9 Å². The molecule has 0 radical (unpaired) electrons. The van der Waals surface area contributed by atoms with Crippen molar-refractivity contribution in [2.24, 2.45) is 0 Å². The van der Waals surface area contributed by atoms with Gasteiger partial charge < -0.3 is 15.1 Å². The number of aliphatic hydroxyl groups excluding tert-OH is 1. The van der Waals surface area contributed by atoms with Crippen LogP contribution in [0.2, 0.25) is 0 Å². The van der Waals surface area contributed by atoms with E-state index in [1.807, 2.05) is 13.0 Å². The normalized spacial score (nSPS) is 24.0. The van der Waals surface area contributed by atoms with E-state index in [0.29, 0.717) is 4.88 Å². The van der Waals surface area contributed by atoms with Gasteiger partial charge in [0.2, 0.25) is 0 Å². The topological polar surface area (TPSA) is 77.8 Å². The monoisotopic (exact) mass is 255 g/mol. The van der Waals surface area contributed by atoms with Crippen molar-refractivity contribution in [1.29, 1.82) is 0 Å². The van der Waals surface area contributed by atoms with E-state index in [1.165, 1.54) is 16.2 Å². The van der Waals surface area contributed by atoms with Gasteiger partial charge in [-0.05, 0) is 23.9 Å². The van der Waals surface area contributed by atoms with Gasteiger partial charge >= 0.3 is 5.97 Å². The molecule has 0 aliphatic carbocycles. The van der Waals surface area contributed by atoms with Gasteiger partial charge in [-0.1, -0.05) is 0 Å². The SMILES string of the molecule is Cc1ccsc1C(=O)N1CC(O)CC1C(=O)O. The number of carbonyl (C=O) groups excluding carboxylic acids is 1. The van der Waals surface area contributed by atoms with Crippen LogP contribution >= 0.6 is 11.3 Å². The Balaban J connectivity index is 2.25. The Labute approximate surface area is 102 Å². The third kappa shape index (κ3) is 2.18. The summed E-state index contributed by atoms with van der Waals surface area (Å²) >= 11 is 1.29. The second kappa shape index (κ2) is 4.46. The summed E-state index contributed by atoms with van der Waals surface area (Å²) in [6.45, 7) is 1.90. The maximum absolute atomic E-state index is 12.2. The molecule has 2 heterocycles. The van der Waals surface area contributed by atoms with Crippen LogP contribution in [0.5, 0.6) is 0 Å². The summed E-state index contributed by atoms with van der Waals surface area (Å²) in [7, 11) is 0. The zero-order chi connectivity index (χ0) is 12.6. The number of aryl methyl sites for hydroxylation is 1. The highest BCUT2D eigenvalue weighted by atomic mass is 32.1. The molecule has 0 bridgehead atoms. The molecule has 1 aromatic rings. The molecule has 0 spiro atoms. The molecular formula is C11H13NO4S. The van der Waals surface area contributed by atoms with Gasteiger partial charge in [0.05, 0.1) is 11.0 Å². The van der Waals surface area contributed by atoms with Crippen LogP contribution < -0.4 is 0 Å². The number of carbonyl (C=O) groups is 2. The molecule has 92 valence electrons. The highest BCUT2D eigenvalue weighted by Gasteiger charge is 2.39. The molecule has 1 fully saturated rings. The molecule has 2 rings (SSSR count). The molecule has 0 saturated carbocycles. The summed E-state index contributed by atoms with van der Waals surface area (Å²) < 4.78 is 0. The number of carboxylic acids is 1. The minimum Gasteiger partial charge on any atom is -0.480 e. The molecule has 2 unspecified atom stereocenters. The van der Waals surface area contributed by atoms with E-state index in [-0.39, 0.29) is 18.9 Å². The first-order chi connectivity index (χ1) is 8.00. The van der Waals surface area contributed by atoms with Gasteiger partial charge in [0.1, 0.15) is 6.04 Å². The Morgan fingerprint density at radius 2 is 2.24 bits per heavy atom. The summed E-state index contributed by atoms with van der Waals surface area (Å²) in [6, 6.07) is 0.902. The van der Waals surface area contributed by atoms with Crippen LogP contribution in [-0.2, 0) is 4.79 Å². The lowest BCUT2D eigenvalue weighted by Crippen LogP contribution is -2.40. The largest absolute Gasteiger partial charge is 0.480 e. The van der Waals surface area contributed by atoms with Gasteiger partial charge in [0, 0.05) is 13.0 Å². The van der Waals surface area contributed by atoms with E-state index >= 15 is 0 Å². The number of amides is 1. The van der Waals surface area contributed by atoms with Crippen LogP contribution in [0.15, 0.2) is 11.4 Å². The average Bonchev–Trinajstić information content (AvgIpc) is 2.83. The van der Waals surface area contributed by atoms with Gasteiger partial charge in [-0.3, -0.25) is 4.79 Å². The zero-order valence-corrected chi connectivity index (χ0v) is 10.1. The van der Waals surface area contributed by atoms with E-state index in [1.54, 1.807) is 5.38 Å². The van der Waals surface area contributed by atoms with Crippen molar-refractivity contribution < 1.29 is 19.8 Å². The van der Waals surface area contributed by atoms with E-state index in [0.717, 1.165) is 5.56 Å². The molecular weight excluding hydrogens is 242 g/mol. The second-order valence-electron chi connectivity index (χ2n) is 4.13. The predicted molar refractivity (Wildman–Crippen MR) is 62.1 cm³/mol. The summed E-state index contributed by atoms with van der Waals surface area (Å²) in [5.41, 5.74) is 0.838. The second-order valence-corrected chi connectivity index (χ2v) is 5.05. The number of β-amino-alcohol motifs (C(OH)–C–C–N with tert-alkyl or cyclic N) is 1. The molecule has 1 aliphatic heterocycles. The number of hydrogen-bond acceptors (Lipinski definition) is 4. The predicted octanol–water partition coefficient (Wildman–Crippen LogP) is 0.717. The lowest BCUT2D eigenvalue weighted by molar-refractivity contribution is -0.141. The molecule has 1 aromatic heterocycles. The number of rotatable bonds is 2. The Kier molecular flexibility index (Phi) is 3.17. The molecule has 2 atom stereocenters. The first kappa shape index (κ1) is 12.1. The molecule has 6 heteroatoms. The standard InChI is InChI=1S/C11H13NO4S/c1-6-2-3-17-9(6)10(14)12-5-7(13)4-8(12)11(15)16/h2-3,7-8,13H,4-5H2,1H3,(H,15,16). The highest BCUT2D eigenvalue weighted by Crippen LogP contribution is 2.24. The van der Waals surface area contributed by atoms with E-state index in [2.05, 4.69) is 0 Å². The van der Waals surface area contributed by atoms with Crippen molar-refractivity contribution in [1.82, 2.24) is 4.90 Å². The number of aliphatic carboxylic acids is 1. The molecule has 0 aromatic carbocycles. The number of thiophene rings is 1. The van der Waals surface area contributed by atoms with Gasteiger partial charge in [0.15, 0.2) is 0 Å². The van der Waals surface area contributed by atoms with Crippen molar-refractivity contribution in [2.45, 2.75) is 25.5 Å². The Morgan fingerprint density at radius 3 is 2.76 bits per heavy atom. The Bertz CT molecular complexity index is 456. The molecule has 17 heavy (non-hydrogen) atoms. The van der Waals surface area contributed by atoms with Crippen LogP contribution in [0.25, 0.3) is 0 Å². The van der Waals surface area contributed by atoms with Crippen molar-refractivity contribution in [2.75, 3.05) is 6.54 Å². The Hall–Kier alpha value is -1.40. The summed E-state index contributed by atoms with van der Waals surface area (Å²) in [6.07, 6.45) is -0.647. The summed E-state index contributed by atoms with van der Waals surface area (Å²) in [5.74, 6) is -1.37. The van der Waals surface area contributed by atoms with Crippen molar-refractivity contribution in [3.63, 3.8) is 0 Å². The van der Waals surface area contributed by atoms with E-state index < -0.39 is 18.1 Å². The van der Waals surface area contributed by atoms with Crippen molar-refractivity contribution >= 4 is 23.2 Å². The molecule has 1 aliphatic rings.